The number of aromatic nitrogens is 2. The Labute approximate surface area is 217 Å². The number of rotatable bonds is 5. The number of halogens is 1. The van der Waals surface area contributed by atoms with E-state index in [2.05, 4.69) is 85.0 Å². The normalized spacial score (nSPS) is 13.4. The Kier molecular flexibility index (Phi) is 5.60. The number of nitrogens with zero attached hydrogens (tertiary/aromatic N) is 2. The zero-order chi connectivity index (χ0) is 25.7. The average Bonchev–Trinajstić information content (AvgIpc) is 3.33. The zero-order valence-electron chi connectivity index (χ0n) is 21.8. The Hall–Kier alpha value is -3.98. The first-order chi connectivity index (χ1) is 17.9. The quantitative estimate of drug-likeness (QED) is 0.222. The second-order valence-electron chi connectivity index (χ2n) is 10.3. The van der Waals surface area contributed by atoms with Gasteiger partial charge < -0.3 is 0 Å². The van der Waals surface area contributed by atoms with Crippen LogP contribution in [0.15, 0.2) is 91.1 Å². The first-order valence-electron chi connectivity index (χ1n) is 13.1. The van der Waals surface area contributed by atoms with Crippen LogP contribution in [-0.2, 0) is 5.67 Å². The number of alkyl halides is 1. The Balaban J connectivity index is 1.70. The molecule has 0 amide bonds. The van der Waals surface area contributed by atoms with Crippen molar-refractivity contribution in [2.75, 3.05) is 0 Å². The molecule has 1 unspecified atom stereocenters. The summed E-state index contributed by atoms with van der Waals surface area (Å²) in [7, 11) is 0. The summed E-state index contributed by atoms with van der Waals surface area (Å²) >= 11 is 0. The van der Waals surface area contributed by atoms with E-state index in [0.29, 0.717) is 12.0 Å². The molecule has 2 heterocycles. The molecule has 0 saturated heterocycles. The molecule has 0 fully saturated rings. The van der Waals surface area contributed by atoms with Gasteiger partial charge in [0, 0.05) is 21.9 Å². The van der Waals surface area contributed by atoms with E-state index in [4.69, 9.17) is 4.98 Å². The number of hydrogen-bond acceptors (Lipinski definition) is 1. The van der Waals surface area contributed by atoms with Gasteiger partial charge in [-0.2, -0.15) is 0 Å². The van der Waals surface area contributed by atoms with Crippen molar-refractivity contribution in [2.45, 2.75) is 46.2 Å². The third-order valence-electron chi connectivity index (χ3n) is 7.66. The minimum atomic E-state index is -1.44. The van der Waals surface area contributed by atoms with Crippen molar-refractivity contribution in [2.24, 2.45) is 0 Å². The van der Waals surface area contributed by atoms with Crippen molar-refractivity contribution in [1.29, 1.82) is 0 Å². The van der Waals surface area contributed by atoms with Crippen molar-refractivity contribution in [3.05, 3.63) is 108 Å². The first-order valence-corrected chi connectivity index (χ1v) is 13.1. The highest BCUT2D eigenvalue weighted by Gasteiger charge is 2.29. The Morgan fingerprint density at radius 1 is 0.811 bits per heavy atom. The summed E-state index contributed by atoms with van der Waals surface area (Å²) in [5.41, 5.74) is 8.18. The molecule has 4 aromatic carbocycles. The van der Waals surface area contributed by atoms with Crippen LogP contribution in [0.1, 0.15) is 43.4 Å². The van der Waals surface area contributed by atoms with Crippen molar-refractivity contribution < 1.29 is 4.39 Å². The van der Waals surface area contributed by atoms with E-state index in [9.17, 15) is 0 Å². The van der Waals surface area contributed by atoms with E-state index < -0.39 is 5.67 Å². The van der Waals surface area contributed by atoms with Gasteiger partial charge in [0.25, 0.3) is 0 Å². The predicted octanol–water partition coefficient (Wildman–Crippen LogP) is 9.58. The first kappa shape index (κ1) is 23.4. The number of hydrogen-bond donors (Lipinski definition) is 0. The van der Waals surface area contributed by atoms with Crippen LogP contribution in [0.4, 0.5) is 4.39 Å². The Bertz CT molecular complexity index is 1750. The van der Waals surface area contributed by atoms with E-state index in [-0.39, 0.29) is 0 Å². The summed E-state index contributed by atoms with van der Waals surface area (Å²) in [5.74, 6) is 0. The number of benzene rings is 4. The smallest absolute Gasteiger partial charge is 0.146 e. The SMILES string of the molecule is CCCC(C)(F)c1cccc2c3ccccc3n3c(-c4c(C)cc(-c5ccccc5)cc4C)cnc3c12. The molecule has 2 nitrogen and oxygen atoms in total. The predicted molar refractivity (Wildman–Crippen MR) is 154 cm³/mol. The number of para-hydroxylation sites is 1. The number of pyridine rings is 1. The maximum Gasteiger partial charge on any atom is 0.146 e. The van der Waals surface area contributed by atoms with Gasteiger partial charge >= 0.3 is 0 Å². The molecule has 3 heteroatoms. The summed E-state index contributed by atoms with van der Waals surface area (Å²) in [6.45, 7) is 8.08. The lowest BCUT2D eigenvalue weighted by Gasteiger charge is -2.23. The van der Waals surface area contributed by atoms with Gasteiger partial charge in [0.1, 0.15) is 11.3 Å². The highest BCUT2D eigenvalue weighted by Crippen LogP contribution is 2.42. The highest BCUT2D eigenvalue weighted by atomic mass is 19.1. The van der Waals surface area contributed by atoms with Gasteiger partial charge in [-0.25, -0.2) is 9.37 Å². The largest absolute Gasteiger partial charge is 0.292 e. The fourth-order valence-corrected chi connectivity index (χ4v) is 6.07. The monoisotopic (exact) mass is 486 g/mol. The maximum absolute atomic E-state index is 16.1. The van der Waals surface area contributed by atoms with Crippen LogP contribution < -0.4 is 0 Å². The van der Waals surface area contributed by atoms with Crippen molar-refractivity contribution >= 4 is 27.3 Å². The Morgan fingerprint density at radius 2 is 1.49 bits per heavy atom. The van der Waals surface area contributed by atoms with E-state index in [0.717, 1.165) is 39.4 Å². The lowest BCUT2D eigenvalue weighted by molar-refractivity contribution is 0.177. The van der Waals surface area contributed by atoms with Gasteiger partial charge in [-0.15, -0.1) is 0 Å². The molecule has 0 radical (unpaired) electrons. The van der Waals surface area contributed by atoms with Crippen LogP contribution in [0.5, 0.6) is 0 Å². The Morgan fingerprint density at radius 3 is 2.22 bits per heavy atom. The van der Waals surface area contributed by atoms with E-state index >= 15 is 4.39 Å². The second kappa shape index (κ2) is 8.85. The van der Waals surface area contributed by atoms with Gasteiger partial charge in [0.15, 0.2) is 0 Å². The molecule has 0 saturated carbocycles. The summed E-state index contributed by atoms with van der Waals surface area (Å²) < 4.78 is 18.3. The molecular weight excluding hydrogens is 455 g/mol. The third kappa shape index (κ3) is 3.72. The summed E-state index contributed by atoms with van der Waals surface area (Å²) in [6.07, 6.45) is 3.21. The van der Waals surface area contributed by atoms with Crippen LogP contribution >= 0.6 is 0 Å². The van der Waals surface area contributed by atoms with Crippen LogP contribution in [-0.4, -0.2) is 9.38 Å². The molecular formula is C34H31FN2. The van der Waals surface area contributed by atoms with Gasteiger partial charge in [-0.05, 0) is 60.9 Å². The van der Waals surface area contributed by atoms with Gasteiger partial charge in [-0.3, -0.25) is 4.40 Å². The molecule has 0 aliphatic heterocycles. The minimum absolute atomic E-state index is 0.470. The number of fused-ring (bicyclic) bond motifs is 6. The molecule has 2 aromatic heterocycles. The highest BCUT2D eigenvalue weighted by molar-refractivity contribution is 6.14. The van der Waals surface area contributed by atoms with Crippen LogP contribution in [0.2, 0.25) is 0 Å². The molecule has 184 valence electrons. The summed E-state index contributed by atoms with van der Waals surface area (Å²) in [4.78, 5) is 4.97. The lowest BCUT2D eigenvalue weighted by atomic mass is 9.88. The van der Waals surface area contributed by atoms with Crippen LogP contribution in [0.25, 0.3) is 49.7 Å². The topological polar surface area (TPSA) is 17.3 Å². The molecule has 0 bridgehead atoms. The molecule has 1 atom stereocenters. The standard InChI is InChI=1S/C34H31FN2/c1-5-18-34(4,35)28-16-11-15-27-26-14-9-10-17-29(26)37-30(21-36-33(37)32(27)28)31-22(2)19-25(20-23(31)3)24-12-7-6-8-13-24/h6-17,19-21H,5,18H2,1-4H3. The molecule has 37 heavy (non-hydrogen) atoms. The zero-order valence-corrected chi connectivity index (χ0v) is 21.8. The van der Waals surface area contributed by atoms with E-state index in [1.54, 1.807) is 6.92 Å². The van der Waals surface area contributed by atoms with Crippen molar-refractivity contribution in [3.63, 3.8) is 0 Å². The van der Waals surface area contributed by atoms with Gasteiger partial charge in [0.2, 0.25) is 0 Å². The molecule has 6 rings (SSSR count). The van der Waals surface area contributed by atoms with E-state index in [1.165, 1.54) is 27.8 Å². The maximum atomic E-state index is 16.1. The molecule has 0 aliphatic carbocycles. The molecule has 6 aromatic rings. The fourth-order valence-electron chi connectivity index (χ4n) is 6.07. The van der Waals surface area contributed by atoms with Crippen LogP contribution in [0.3, 0.4) is 0 Å². The van der Waals surface area contributed by atoms with Gasteiger partial charge in [0.05, 0.1) is 17.4 Å². The lowest BCUT2D eigenvalue weighted by Crippen LogP contribution is -2.15. The second-order valence-corrected chi connectivity index (χ2v) is 10.3. The molecule has 0 N–H and O–H groups in total. The van der Waals surface area contributed by atoms with Crippen LogP contribution in [0, 0.1) is 13.8 Å². The summed E-state index contributed by atoms with van der Waals surface area (Å²) in [6, 6.07) is 29.4. The fraction of sp³-hybridized carbons (Fsp3) is 0.206. The average molecular weight is 487 g/mol. The van der Waals surface area contributed by atoms with Crippen molar-refractivity contribution in [3.8, 4) is 22.4 Å². The molecule has 0 spiro atoms. The molecule has 0 aliphatic rings. The van der Waals surface area contributed by atoms with Gasteiger partial charge in [-0.1, -0.05) is 92.2 Å². The third-order valence-corrected chi connectivity index (χ3v) is 7.66. The number of imidazole rings is 1. The summed E-state index contributed by atoms with van der Waals surface area (Å²) in [5, 5.41) is 3.06. The van der Waals surface area contributed by atoms with E-state index in [1.807, 2.05) is 31.3 Å². The number of aryl methyl sites for hydroxylation is 2. The van der Waals surface area contributed by atoms with Crippen molar-refractivity contribution in [1.82, 2.24) is 9.38 Å². The minimum Gasteiger partial charge on any atom is -0.292 e.